The fourth-order valence-corrected chi connectivity index (χ4v) is 4.35. The number of carbonyl (C=O) groups excluding carboxylic acids is 1. The van der Waals surface area contributed by atoms with Gasteiger partial charge in [-0.2, -0.15) is 4.99 Å². The van der Waals surface area contributed by atoms with Gasteiger partial charge in [0.1, 0.15) is 6.33 Å². The summed E-state index contributed by atoms with van der Waals surface area (Å²) in [5, 5.41) is 0. The Morgan fingerprint density at radius 3 is 2.52 bits per heavy atom. The average Bonchev–Trinajstić information content (AvgIpc) is 3.03. The highest BCUT2D eigenvalue weighted by molar-refractivity contribution is 7.90. The number of carbonyl (C=O) groups is 1. The molecule has 0 aliphatic rings. The number of guanidine groups is 1. The molecule has 0 fully saturated rings. The molecule has 2 aromatic carbocycles. The number of hydrogen-bond acceptors (Lipinski definition) is 4. The predicted octanol–water partition coefficient (Wildman–Crippen LogP) is 1.40. The quantitative estimate of drug-likeness (QED) is 0.515. The largest absolute Gasteiger partial charge is 0.370 e. The van der Waals surface area contributed by atoms with Gasteiger partial charge in [0.15, 0.2) is 15.8 Å². The summed E-state index contributed by atoms with van der Waals surface area (Å²) in [4.78, 5) is 20.3. The second-order valence-electron chi connectivity index (χ2n) is 6.01. The fourth-order valence-electron chi connectivity index (χ4n) is 3.10. The lowest BCUT2D eigenvalue weighted by Gasteiger charge is -2.16. The number of aromatic nitrogens is 2. The molecule has 3 aromatic rings. The van der Waals surface area contributed by atoms with Crippen molar-refractivity contribution in [3.05, 3.63) is 53.9 Å². The van der Waals surface area contributed by atoms with Crippen LogP contribution in [-0.4, -0.2) is 36.1 Å². The summed E-state index contributed by atoms with van der Waals surface area (Å²) in [7, 11) is -3.67. The van der Waals surface area contributed by atoms with E-state index >= 15 is 0 Å². The van der Waals surface area contributed by atoms with E-state index in [1.165, 1.54) is 6.07 Å². The maximum absolute atomic E-state index is 12.6. The van der Waals surface area contributed by atoms with Crippen LogP contribution in [0.1, 0.15) is 22.8 Å². The van der Waals surface area contributed by atoms with Crippen molar-refractivity contribution in [1.82, 2.24) is 9.55 Å². The summed E-state index contributed by atoms with van der Waals surface area (Å²) in [6, 6.07) is 10.5. The van der Waals surface area contributed by atoms with Gasteiger partial charge >= 0.3 is 0 Å². The van der Waals surface area contributed by atoms with Crippen molar-refractivity contribution in [2.24, 2.45) is 16.5 Å². The Morgan fingerprint density at radius 2 is 1.89 bits per heavy atom. The molecule has 1 aromatic heterocycles. The van der Waals surface area contributed by atoms with Crippen LogP contribution in [0.15, 0.2) is 52.6 Å². The van der Waals surface area contributed by atoms with Crippen LogP contribution in [0.5, 0.6) is 0 Å². The molecule has 0 unspecified atom stereocenters. The number of aliphatic imine (C=N–C) groups is 1. The minimum atomic E-state index is -3.67. The average molecular weight is 385 g/mol. The van der Waals surface area contributed by atoms with E-state index in [9.17, 15) is 13.2 Å². The van der Waals surface area contributed by atoms with Crippen molar-refractivity contribution in [3.8, 4) is 5.69 Å². The van der Waals surface area contributed by atoms with Gasteiger partial charge in [0.05, 0.1) is 21.6 Å². The van der Waals surface area contributed by atoms with E-state index in [4.69, 9.17) is 11.5 Å². The van der Waals surface area contributed by atoms with E-state index in [-0.39, 0.29) is 16.4 Å². The summed E-state index contributed by atoms with van der Waals surface area (Å²) in [6.07, 6.45) is 2.98. The lowest BCUT2D eigenvalue weighted by molar-refractivity contribution is 0.100. The molecule has 27 heavy (non-hydrogen) atoms. The molecule has 0 aliphatic carbocycles. The number of nitrogens with two attached hydrogens (primary N) is 2. The number of sulfone groups is 1. The standard InChI is InChI=1S/C18H19N5O3S/c1-3-11-12(17(24)22-18(19)20)8-9-15(16(11)27(2,25)26)23-10-21-13-6-4-5-7-14(13)23/h4-10H,3H2,1-2H3,(H4,19,20,22,24). The van der Waals surface area contributed by atoms with Crippen molar-refractivity contribution in [3.63, 3.8) is 0 Å². The minimum Gasteiger partial charge on any atom is -0.370 e. The second kappa shape index (κ2) is 6.84. The van der Waals surface area contributed by atoms with E-state index in [1.54, 1.807) is 23.9 Å². The van der Waals surface area contributed by atoms with Gasteiger partial charge in [0.25, 0.3) is 5.91 Å². The molecule has 8 nitrogen and oxygen atoms in total. The molecule has 0 bridgehead atoms. The van der Waals surface area contributed by atoms with Gasteiger partial charge in [-0.05, 0) is 36.2 Å². The highest BCUT2D eigenvalue weighted by Crippen LogP contribution is 2.30. The molecular formula is C18H19N5O3S. The molecule has 0 atom stereocenters. The molecular weight excluding hydrogens is 366 g/mol. The Kier molecular flexibility index (Phi) is 4.71. The highest BCUT2D eigenvalue weighted by Gasteiger charge is 2.25. The lowest BCUT2D eigenvalue weighted by atomic mass is 10.0. The summed E-state index contributed by atoms with van der Waals surface area (Å²) >= 11 is 0. The summed E-state index contributed by atoms with van der Waals surface area (Å²) < 4.78 is 27.0. The van der Waals surface area contributed by atoms with Crippen molar-refractivity contribution >= 4 is 32.7 Å². The Labute approximate surface area is 156 Å². The van der Waals surface area contributed by atoms with Gasteiger partial charge in [0, 0.05) is 11.8 Å². The first-order valence-electron chi connectivity index (χ1n) is 8.16. The number of nitrogens with zero attached hydrogens (tertiary/aromatic N) is 3. The third-order valence-corrected chi connectivity index (χ3v) is 5.34. The molecule has 0 aliphatic heterocycles. The van der Waals surface area contributed by atoms with Gasteiger partial charge in [0.2, 0.25) is 0 Å². The third-order valence-electron chi connectivity index (χ3n) is 4.14. The zero-order valence-corrected chi connectivity index (χ0v) is 15.7. The van der Waals surface area contributed by atoms with Crippen LogP contribution in [0.2, 0.25) is 0 Å². The molecule has 4 N–H and O–H groups in total. The van der Waals surface area contributed by atoms with E-state index in [1.807, 2.05) is 24.3 Å². The first-order valence-corrected chi connectivity index (χ1v) is 10.1. The number of fused-ring (bicyclic) bond motifs is 1. The van der Waals surface area contributed by atoms with Gasteiger partial charge in [-0.1, -0.05) is 19.1 Å². The molecule has 1 amide bonds. The van der Waals surface area contributed by atoms with Crippen molar-refractivity contribution in [1.29, 1.82) is 0 Å². The third kappa shape index (κ3) is 3.41. The maximum Gasteiger partial charge on any atom is 0.280 e. The summed E-state index contributed by atoms with van der Waals surface area (Å²) in [6.45, 7) is 1.77. The van der Waals surface area contributed by atoms with Crippen molar-refractivity contribution in [2.45, 2.75) is 18.2 Å². The summed E-state index contributed by atoms with van der Waals surface area (Å²) in [5.74, 6) is -1.06. The van der Waals surface area contributed by atoms with Crippen LogP contribution >= 0.6 is 0 Å². The monoisotopic (exact) mass is 385 g/mol. The Bertz CT molecular complexity index is 1170. The zero-order chi connectivity index (χ0) is 19.8. The van der Waals surface area contributed by atoms with Gasteiger partial charge in [-0.25, -0.2) is 13.4 Å². The SMILES string of the molecule is CCc1c(C(=O)N=C(N)N)ccc(-n2cnc3ccccc32)c1S(C)(=O)=O. The molecule has 0 spiro atoms. The predicted molar refractivity (Wildman–Crippen MR) is 104 cm³/mol. The molecule has 140 valence electrons. The number of imidazole rings is 1. The van der Waals surface area contributed by atoms with Crippen LogP contribution in [0.4, 0.5) is 0 Å². The maximum atomic E-state index is 12.6. The minimum absolute atomic E-state index is 0.0600. The number of hydrogen-bond donors (Lipinski definition) is 2. The van der Waals surface area contributed by atoms with E-state index in [0.717, 1.165) is 17.3 Å². The van der Waals surface area contributed by atoms with E-state index in [2.05, 4.69) is 9.98 Å². The van der Waals surface area contributed by atoms with Gasteiger partial charge < -0.3 is 11.5 Å². The first kappa shape index (κ1) is 18.6. The fraction of sp³-hybridized carbons (Fsp3) is 0.167. The number of amides is 1. The molecule has 0 radical (unpaired) electrons. The Morgan fingerprint density at radius 1 is 1.19 bits per heavy atom. The molecule has 3 rings (SSSR count). The van der Waals surface area contributed by atoms with Crippen LogP contribution in [0.3, 0.4) is 0 Å². The summed E-state index contributed by atoms with van der Waals surface area (Å²) in [5.41, 5.74) is 13.0. The zero-order valence-electron chi connectivity index (χ0n) is 14.9. The molecule has 9 heteroatoms. The van der Waals surface area contributed by atoms with Crippen molar-refractivity contribution in [2.75, 3.05) is 6.26 Å². The van der Waals surface area contributed by atoms with E-state index < -0.39 is 15.7 Å². The Balaban J connectivity index is 2.37. The van der Waals surface area contributed by atoms with Gasteiger partial charge in [-0.3, -0.25) is 9.36 Å². The second-order valence-corrected chi connectivity index (χ2v) is 7.96. The van der Waals surface area contributed by atoms with Crippen LogP contribution < -0.4 is 11.5 Å². The number of benzene rings is 2. The normalized spacial score (nSPS) is 11.5. The first-order chi connectivity index (χ1) is 12.7. The lowest BCUT2D eigenvalue weighted by Crippen LogP contribution is -2.24. The topological polar surface area (TPSA) is 133 Å². The van der Waals surface area contributed by atoms with Crippen LogP contribution in [-0.2, 0) is 16.3 Å². The number of para-hydroxylation sites is 2. The van der Waals surface area contributed by atoms with Crippen LogP contribution in [0, 0.1) is 0 Å². The van der Waals surface area contributed by atoms with Crippen LogP contribution in [0.25, 0.3) is 16.7 Å². The van der Waals surface area contributed by atoms with Crippen molar-refractivity contribution < 1.29 is 13.2 Å². The molecule has 1 heterocycles. The Hall–Kier alpha value is -3.20. The highest BCUT2D eigenvalue weighted by atomic mass is 32.2. The molecule has 0 saturated carbocycles. The smallest absolute Gasteiger partial charge is 0.280 e. The molecule has 0 saturated heterocycles. The van der Waals surface area contributed by atoms with Gasteiger partial charge in [-0.15, -0.1) is 0 Å². The number of rotatable bonds is 4. The van der Waals surface area contributed by atoms with E-state index in [0.29, 0.717) is 17.7 Å².